The van der Waals surface area contributed by atoms with Gasteiger partial charge >= 0.3 is 5.97 Å². The lowest BCUT2D eigenvalue weighted by molar-refractivity contribution is -0.120. The summed E-state index contributed by atoms with van der Waals surface area (Å²) in [6.45, 7) is 15.6. The van der Waals surface area contributed by atoms with Crippen LogP contribution in [0, 0.1) is 6.92 Å². The van der Waals surface area contributed by atoms with Crippen LogP contribution in [0.5, 0.6) is 5.75 Å². The van der Waals surface area contributed by atoms with Crippen molar-refractivity contribution in [1.29, 1.82) is 0 Å². The maximum Gasteiger partial charge on any atom is 0.335 e. The molecule has 0 fully saturated rings. The lowest BCUT2D eigenvalue weighted by Gasteiger charge is -2.40. The van der Waals surface area contributed by atoms with Gasteiger partial charge in [0.05, 0.1) is 24.7 Å². The first kappa shape index (κ1) is 35.0. The van der Waals surface area contributed by atoms with Gasteiger partial charge in [-0.3, -0.25) is 4.79 Å². The Balaban J connectivity index is 1.61. The summed E-state index contributed by atoms with van der Waals surface area (Å²) in [5, 5.41) is 35.6. The van der Waals surface area contributed by atoms with Crippen molar-refractivity contribution in [3.63, 3.8) is 0 Å². The number of aromatic hydroxyl groups is 1. The third-order valence-electron chi connectivity index (χ3n) is 8.45. The van der Waals surface area contributed by atoms with Gasteiger partial charge in [-0.1, -0.05) is 63.2 Å². The zero-order valence-electron chi connectivity index (χ0n) is 27.0. The number of nitrogens with one attached hydrogen (secondary N) is 2. The van der Waals surface area contributed by atoms with Gasteiger partial charge in [-0.15, -0.1) is 0 Å². The minimum Gasteiger partial charge on any atom is -0.508 e. The fourth-order valence-electron chi connectivity index (χ4n) is 4.82. The maximum absolute atomic E-state index is 12.7. The molecule has 3 aromatic rings. The van der Waals surface area contributed by atoms with E-state index in [0.717, 1.165) is 28.7 Å². The molecule has 3 rings (SSSR count). The Hall–Kier alpha value is -3.50. The molecule has 0 saturated carbocycles. The molecule has 0 aliphatic carbocycles. The van der Waals surface area contributed by atoms with Crippen molar-refractivity contribution in [1.82, 2.24) is 10.6 Å². The number of carbonyl (C=O) groups is 2. The van der Waals surface area contributed by atoms with Crippen LogP contribution < -0.4 is 10.6 Å². The molecule has 3 aromatic carbocycles. The van der Waals surface area contributed by atoms with Gasteiger partial charge in [0.2, 0.25) is 5.91 Å². The molecule has 0 heterocycles. The third-order valence-corrected chi connectivity index (χ3v) is 12.9. The quantitative estimate of drug-likeness (QED) is 0.139. The smallest absolute Gasteiger partial charge is 0.335 e. The zero-order valence-corrected chi connectivity index (χ0v) is 28.0. The number of benzene rings is 3. The summed E-state index contributed by atoms with van der Waals surface area (Å²) in [7, 11) is -2.13. The summed E-state index contributed by atoms with van der Waals surface area (Å²) in [5.41, 5.74) is 5.20. The van der Waals surface area contributed by atoms with Crippen LogP contribution in [0.3, 0.4) is 0 Å². The van der Waals surface area contributed by atoms with Crippen LogP contribution in [0.15, 0.2) is 60.7 Å². The highest BCUT2D eigenvalue weighted by Gasteiger charge is 2.39. The van der Waals surface area contributed by atoms with Crippen molar-refractivity contribution in [3.8, 4) is 5.75 Å². The SMILES string of the molecule is Cc1cc(CNC(=O)Cc2cccc(C[C@@H](C)NC[C@H](O[Si](C)(C)C(C)(C)C)c3ccc(O)c(CO)c3)c2)ccc1C(=O)O. The highest BCUT2D eigenvalue weighted by Crippen LogP contribution is 2.40. The fraction of sp³-hybridized carbons (Fsp3) is 0.429. The van der Waals surface area contributed by atoms with E-state index in [2.05, 4.69) is 63.6 Å². The molecular weight excluding hydrogens is 572 g/mol. The zero-order chi connectivity index (χ0) is 32.7. The Morgan fingerprint density at radius 3 is 2.32 bits per heavy atom. The van der Waals surface area contributed by atoms with E-state index in [0.29, 0.717) is 24.2 Å². The molecule has 9 heteroatoms. The van der Waals surface area contributed by atoms with E-state index in [4.69, 9.17) is 4.43 Å². The van der Waals surface area contributed by atoms with Gasteiger partial charge in [0.25, 0.3) is 0 Å². The number of carboxylic acids is 1. The first-order valence-electron chi connectivity index (χ1n) is 15.1. The molecule has 8 nitrogen and oxygen atoms in total. The monoisotopic (exact) mass is 620 g/mol. The molecule has 1 amide bonds. The highest BCUT2D eigenvalue weighted by molar-refractivity contribution is 6.74. The molecule has 0 aliphatic rings. The van der Waals surface area contributed by atoms with Crippen LogP contribution in [0.4, 0.5) is 0 Å². The average Bonchev–Trinajstić information content (AvgIpc) is 2.94. The van der Waals surface area contributed by atoms with Gasteiger partial charge in [-0.25, -0.2) is 4.79 Å². The molecule has 0 bridgehead atoms. The van der Waals surface area contributed by atoms with Crippen LogP contribution >= 0.6 is 0 Å². The number of carbonyl (C=O) groups excluding carboxylic acids is 1. The normalized spacial score (nSPS) is 13.4. The number of aryl methyl sites for hydroxylation is 1. The average molecular weight is 621 g/mol. The predicted octanol–water partition coefficient (Wildman–Crippen LogP) is 6.03. The van der Waals surface area contributed by atoms with Gasteiger partial charge in [-0.2, -0.15) is 0 Å². The van der Waals surface area contributed by atoms with Crippen molar-refractivity contribution < 1.29 is 29.3 Å². The number of carboxylic acid groups (broad SMARTS) is 1. The number of aromatic carboxylic acids is 1. The Kier molecular flexibility index (Phi) is 11.9. The second-order valence-electron chi connectivity index (χ2n) is 13.2. The van der Waals surface area contributed by atoms with Crippen LogP contribution in [0.2, 0.25) is 18.1 Å². The fourth-order valence-corrected chi connectivity index (χ4v) is 6.10. The largest absolute Gasteiger partial charge is 0.508 e. The molecule has 0 aromatic heterocycles. The maximum atomic E-state index is 12.7. The lowest BCUT2D eigenvalue weighted by Crippen LogP contribution is -2.44. The number of rotatable bonds is 14. The number of amides is 1. The molecule has 44 heavy (non-hydrogen) atoms. The molecule has 0 spiro atoms. The van der Waals surface area contributed by atoms with Crippen LogP contribution in [-0.2, 0) is 35.2 Å². The Bertz CT molecular complexity index is 1450. The molecule has 5 N–H and O–H groups in total. The summed E-state index contributed by atoms with van der Waals surface area (Å²) < 4.78 is 6.81. The second kappa shape index (κ2) is 15.0. The van der Waals surface area contributed by atoms with Gasteiger partial charge < -0.3 is 30.4 Å². The minimum absolute atomic E-state index is 0.0181. The molecule has 0 unspecified atom stereocenters. The summed E-state index contributed by atoms with van der Waals surface area (Å²) >= 11 is 0. The van der Waals surface area contributed by atoms with Crippen LogP contribution in [-0.4, -0.2) is 48.1 Å². The topological polar surface area (TPSA) is 128 Å². The number of aliphatic hydroxyl groups excluding tert-OH is 1. The van der Waals surface area contributed by atoms with Crippen molar-refractivity contribution in [2.24, 2.45) is 0 Å². The summed E-state index contributed by atoms with van der Waals surface area (Å²) in [6, 6.07) is 18.5. The Labute approximate surface area is 262 Å². The highest BCUT2D eigenvalue weighted by atomic mass is 28.4. The summed E-state index contributed by atoms with van der Waals surface area (Å²) in [6.07, 6.45) is 0.760. The molecule has 238 valence electrons. The standard InChI is InChI=1S/C35H48N2O6Si/c1-23-15-27(11-13-30(23)34(41)42)20-37-33(40)18-26-10-8-9-25(17-26)16-24(2)36-21-32(43-44(6,7)35(3,4)5)28-12-14-31(39)29(19-28)22-38/h8-15,17,19,24,32,36,38-39H,16,18,20-22H2,1-7H3,(H,37,40)(H,41,42)/t24-,32+/m1/s1. The molecular formula is C35H48N2O6Si. The predicted molar refractivity (Wildman–Crippen MR) is 176 cm³/mol. The van der Waals surface area contributed by atoms with E-state index in [-0.39, 0.29) is 47.4 Å². The Morgan fingerprint density at radius 1 is 0.977 bits per heavy atom. The number of hydrogen-bond acceptors (Lipinski definition) is 6. The molecule has 0 aliphatic heterocycles. The molecule has 0 saturated heterocycles. The van der Waals surface area contributed by atoms with Crippen molar-refractivity contribution >= 4 is 20.2 Å². The van der Waals surface area contributed by atoms with Gasteiger partial charge in [0.1, 0.15) is 5.75 Å². The van der Waals surface area contributed by atoms with E-state index >= 15 is 0 Å². The van der Waals surface area contributed by atoms with Gasteiger partial charge in [0, 0.05) is 24.7 Å². The first-order valence-corrected chi connectivity index (χ1v) is 18.0. The summed E-state index contributed by atoms with van der Waals surface area (Å²) in [5.74, 6) is -0.993. The lowest BCUT2D eigenvalue weighted by atomic mass is 10.0. The van der Waals surface area contributed by atoms with Crippen LogP contribution in [0.25, 0.3) is 0 Å². The first-order chi connectivity index (χ1) is 20.6. The third kappa shape index (κ3) is 9.75. The van der Waals surface area contributed by atoms with Gasteiger partial charge in [-0.05, 0) is 84.4 Å². The van der Waals surface area contributed by atoms with Crippen LogP contribution in [0.1, 0.15) is 77.5 Å². The second-order valence-corrected chi connectivity index (χ2v) is 17.9. The minimum atomic E-state index is -2.13. The molecule has 2 atom stereocenters. The van der Waals surface area contributed by atoms with E-state index in [1.54, 1.807) is 31.2 Å². The van der Waals surface area contributed by atoms with E-state index in [9.17, 15) is 24.9 Å². The van der Waals surface area contributed by atoms with Crippen molar-refractivity contribution in [3.05, 3.63) is 99.6 Å². The van der Waals surface area contributed by atoms with Gasteiger partial charge in [0.15, 0.2) is 8.32 Å². The van der Waals surface area contributed by atoms with E-state index < -0.39 is 14.3 Å². The summed E-state index contributed by atoms with van der Waals surface area (Å²) in [4.78, 5) is 23.9. The van der Waals surface area contributed by atoms with Crippen molar-refractivity contribution in [2.45, 2.75) is 90.9 Å². The number of aliphatic hydroxyl groups is 1. The van der Waals surface area contributed by atoms with Crippen molar-refractivity contribution in [2.75, 3.05) is 6.54 Å². The number of phenols is 1. The number of hydrogen-bond donors (Lipinski definition) is 5. The van der Waals surface area contributed by atoms with E-state index in [1.807, 2.05) is 24.3 Å². The Morgan fingerprint density at radius 2 is 1.68 bits per heavy atom. The van der Waals surface area contributed by atoms with E-state index in [1.165, 1.54) is 0 Å². The molecule has 0 radical (unpaired) electrons.